The van der Waals surface area contributed by atoms with Crippen LogP contribution in [0.3, 0.4) is 0 Å². The van der Waals surface area contributed by atoms with E-state index < -0.39 is 0 Å². The number of aryl methyl sites for hydroxylation is 1. The first kappa shape index (κ1) is 10.6. The standard InChI is InChI=1S/C15H14N4/c1-3-10-9-11(5-6-12(10)16-7-1)14-18-13-4-2-8-17-15(13)19-14/h2,4-6,8-9,16H,1,3,7H2,(H,17,18,19). The second-order valence-corrected chi connectivity index (χ2v) is 4.86. The van der Waals surface area contributed by atoms with Crippen molar-refractivity contribution in [1.82, 2.24) is 15.0 Å². The molecule has 4 rings (SSSR count). The molecule has 1 aliphatic rings. The molecule has 0 aliphatic carbocycles. The molecule has 0 atom stereocenters. The number of anilines is 1. The van der Waals surface area contributed by atoms with Crippen LogP contribution in [0, 0.1) is 0 Å². The lowest BCUT2D eigenvalue weighted by atomic mass is 10.0. The molecule has 0 fully saturated rings. The van der Waals surface area contributed by atoms with Crippen molar-refractivity contribution in [3.63, 3.8) is 0 Å². The Morgan fingerprint density at radius 2 is 2.16 bits per heavy atom. The molecular weight excluding hydrogens is 236 g/mol. The Labute approximate surface area is 110 Å². The van der Waals surface area contributed by atoms with E-state index in [0.717, 1.165) is 35.5 Å². The van der Waals surface area contributed by atoms with Crippen LogP contribution >= 0.6 is 0 Å². The van der Waals surface area contributed by atoms with E-state index >= 15 is 0 Å². The minimum absolute atomic E-state index is 0.772. The van der Waals surface area contributed by atoms with Crippen LogP contribution in [0.25, 0.3) is 22.6 Å². The molecule has 2 aromatic heterocycles. The molecule has 19 heavy (non-hydrogen) atoms. The normalized spacial score (nSPS) is 14.1. The first-order valence-electron chi connectivity index (χ1n) is 6.58. The molecule has 0 bridgehead atoms. The zero-order valence-corrected chi connectivity index (χ0v) is 10.5. The van der Waals surface area contributed by atoms with Gasteiger partial charge in [0.15, 0.2) is 5.65 Å². The summed E-state index contributed by atoms with van der Waals surface area (Å²) in [4.78, 5) is 12.1. The van der Waals surface area contributed by atoms with Crippen LogP contribution in [-0.2, 0) is 6.42 Å². The van der Waals surface area contributed by atoms with Gasteiger partial charge in [0.1, 0.15) is 5.82 Å². The fourth-order valence-electron chi connectivity index (χ4n) is 2.60. The molecule has 0 saturated heterocycles. The maximum Gasteiger partial charge on any atom is 0.178 e. The maximum absolute atomic E-state index is 4.54. The first-order valence-corrected chi connectivity index (χ1v) is 6.58. The zero-order chi connectivity index (χ0) is 12.7. The van der Waals surface area contributed by atoms with E-state index in [1.807, 2.05) is 12.1 Å². The van der Waals surface area contributed by atoms with Crippen LogP contribution < -0.4 is 5.32 Å². The molecule has 0 saturated carbocycles. The lowest BCUT2D eigenvalue weighted by Crippen LogP contribution is -2.11. The minimum Gasteiger partial charge on any atom is -0.385 e. The van der Waals surface area contributed by atoms with Crippen LogP contribution in [0.2, 0.25) is 0 Å². The monoisotopic (exact) mass is 250 g/mol. The van der Waals surface area contributed by atoms with Gasteiger partial charge in [-0.1, -0.05) is 0 Å². The van der Waals surface area contributed by atoms with Crippen LogP contribution in [0.4, 0.5) is 5.69 Å². The van der Waals surface area contributed by atoms with E-state index in [2.05, 4.69) is 38.5 Å². The van der Waals surface area contributed by atoms with Crippen LogP contribution in [0.5, 0.6) is 0 Å². The fourth-order valence-corrected chi connectivity index (χ4v) is 2.60. The molecule has 0 amide bonds. The SMILES string of the molecule is c1cnc2nc(-c3ccc4c(c3)CCCN4)[nH]c2c1. The van der Waals surface area contributed by atoms with Gasteiger partial charge in [-0.05, 0) is 48.7 Å². The lowest BCUT2D eigenvalue weighted by Gasteiger charge is -2.18. The molecule has 0 unspecified atom stereocenters. The van der Waals surface area contributed by atoms with Gasteiger partial charge >= 0.3 is 0 Å². The highest BCUT2D eigenvalue weighted by atomic mass is 15.0. The minimum atomic E-state index is 0.772. The third-order valence-electron chi connectivity index (χ3n) is 3.57. The number of aromatic nitrogens is 3. The van der Waals surface area contributed by atoms with Gasteiger partial charge in [-0.15, -0.1) is 0 Å². The molecule has 3 heterocycles. The van der Waals surface area contributed by atoms with Gasteiger partial charge in [0.2, 0.25) is 0 Å². The summed E-state index contributed by atoms with van der Waals surface area (Å²) in [6.07, 6.45) is 4.09. The molecule has 2 N–H and O–H groups in total. The Bertz CT molecular complexity index is 712. The van der Waals surface area contributed by atoms with E-state index in [1.54, 1.807) is 6.20 Å². The van der Waals surface area contributed by atoms with Crippen molar-refractivity contribution in [1.29, 1.82) is 0 Å². The number of benzene rings is 1. The van der Waals surface area contributed by atoms with Crippen molar-refractivity contribution in [3.8, 4) is 11.4 Å². The average Bonchev–Trinajstić information content (AvgIpc) is 2.90. The quantitative estimate of drug-likeness (QED) is 0.698. The summed E-state index contributed by atoms with van der Waals surface area (Å²) in [5, 5.41) is 3.42. The summed E-state index contributed by atoms with van der Waals surface area (Å²) >= 11 is 0. The predicted molar refractivity (Wildman–Crippen MR) is 76.1 cm³/mol. The van der Waals surface area contributed by atoms with E-state index in [4.69, 9.17) is 0 Å². The van der Waals surface area contributed by atoms with Crippen LogP contribution in [-0.4, -0.2) is 21.5 Å². The number of hydrogen-bond donors (Lipinski definition) is 2. The highest BCUT2D eigenvalue weighted by Gasteiger charge is 2.11. The lowest BCUT2D eigenvalue weighted by molar-refractivity contribution is 0.830. The summed E-state index contributed by atoms with van der Waals surface area (Å²) in [6.45, 7) is 1.07. The first-order chi connectivity index (χ1) is 9.40. The number of imidazole rings is 1. The Morgan fingerprint density at radius 3 is 3.11 bits per heavy atom. The third-order valence-corrected chi connectivity index (χ3v) is 3.57. The summed E-state index contributed by atoms with van der Waals surface area (Å²) < 4.78 is 0. The number of aromatic amines is 1. The predicted octanol–water partition coefficient (Wildman–Crippen LogP) is 2.98. The maximum atomic E-state index is 4.54. The highest BCUT2D eigenvalue weighted by Crippen LogP contribution is 2.27. The van der Waals surface area contributed by atoms with Crippen LogP contribution in [0.15, 0.2) is 36.5 Å². The van der Waals surface area contributed by atoms with Gasteiger partial charge in [0, 0.05) is 24.0 Å². The van der Waals surface area contributed by atoms with Crippen LogP contribution in [0.1, 0.15) is 12.0 Å². The summed E-state index contributed by atoms with van der Waals surface area (Å²) in [6, 6.07) is 10.4. The average molecular weight is 250 g/mol. The number of nitrogens with zero attached hydrogens (tertiary/aromatic N) is 2. The number of rotatable bonds is 1. The Hall–Kier alpha value is -2.36. The highest BCUT2D eigenvalue weighted by molar-refractivity contribution is 5.76. The van der Waals surface area contributed by atoms with Gasteiger partial charge in [0.25, 0.3) is 0 Å². The second-order valence-electron chi connectivity index (χ2n) is 4.86. The zero-order valence-electron chi connectivity index (χ0n) is 10.5. The summed E-state index contributed by atoms with van der Waals surface area (Å²) in [5.74, 6) is 0.891. The molecule has 1 aliphatic heterocycles. The number of H-pyrrole nitrogens is 1. The van der Waals surface area contributed by atoms with Crippen molar-refractivity contribution in [2.75, 3.05) is 11.9 Å². The number of nitrogens with one attached hydrogen (secondary N) is 2. The van der Waals surface area contributed by atoms with Crippen molar-refractivity contribution in [2.45, 2.75) is 12.8 Å². The van der Waals surface area contributed by atoms with Crippen molar-refractivity contribution < 1.29 is 0 Å². The summed E-state index contributed by atoms with van der Waals surface area (Å²) in [5.41, 5.74) is 5.50. The van der Waals surface area contributed by atoms with Gasteiger partial charge in [0.05, 0.1) is 5.52 Å². The van der Waals surface area contributed by atoms with E-state index in [9.17, 15) is 0 Å². The molecule has 3 aromatic rings. The van der Waals surface area contributed by atoms with E-state index in [0.29, 0.717) is 0 Å². The molecular formula is C15H14N4. The Morgan fingerprint density at radius 1 is 1.16 bits per heavy atom. The molecule has 4 nitrogen and oxygen atoms in total. The molecule has 94 valence electrons. The smallest absolute Gasteiger partial charge is 0.178 e. The second kappa shape index (κ2) is 4.09. The van der Waals surface area contributed by atoms with Crippen molar-refractivity contribution in [2.24, 2.45) is 0 Å². The Balaban J connectivity index is 1.83. The fraction of sp³-hybridized carbons (Fsp3) is 0.200. The number of pyridine rings is 1. The van der Waals surface area contributed by atoms with E-state index in [1.165, 1.54) is 17.7 Å². The van der Waals surface area contributed by atoms with Gasteiger partial charge in [-0.3, -0.25) is 0 Å². The molecule has 0 radical (unpaired) electrons. The molecule has 4 heteroatoms. The Kier molecular flexibility index (Phi) is 2.27. The third kappa shape index (κ3) is 1.76. The van der Waals surface area contributed by atoms with Gasteiger partial charge in [-0.2, -0.15) is 0 Å². The molecule has 0 spiro atoms. The van der Waals surface area contributed by atoms with Crippen molar-refractivity contribution in [3.05, 3.63) is 42.1 Å². The van der Waals surface area contributed by atoms with Gasteiger partial charge < -0.3 is 10.3 Å². The largest absolute Gasteiger partial charge is 0.385 e. The molecule has 1 aromatic carbocycles. The summed E-state index contributed by atoms with van der Waals surface area (Å²) in [7, 11) is 0. The number of fused-ring (bicyclic) bond motifs is 2. The van der Waals surface area contributed by atoms with Gasteiger partial charge in [-0.25, -0.2) is 9.97 Å². The number of hydrogen-bond acceptors (Lipinski definition) is 3. The van der Waals surface area contributed by atoms with Crippen molar-refractivity contribution >= 4 is 16.9 Å². The van der Waals surface area contributed by atoms with E-state index in [-0.39, 0.29) is 0 Å². The topological polar surface area (TPSA) is 53.6 Å².